The van der Waals surface area contributed by atoms with Gasteiger partial charge in [-0.3, -0.25) is 9.89 Å². The van der Waals surface area contributed by atoms with Crippen molar-refractivity contribution in [3.05, 3.63) is 35.9 Å². The van der Waals surface area contributed by atoms with Crippen LogP contribution >= 0.6 is 0 Å². The van der Waals surface area contributed by atoms with Gasteiger partial charge in [0.05, 0.1) is 6.10 Å². The molecule has 2 heterocycles. The standard InChI is InChI=1S/C24H40N4O2/c1-20-16-22(19-28(20)18-21-8-5-4-6-9-21)17-26-24(25-2)27-12-10-23(11-13-27)30-15-7-14-29-3/h4-6,8-9,20,22-23H,7,10-19H2,1-3H3,(H,25,26). The molecule has 2 aliphatic rings. The number of benzene rings is 1. The molecule has 30 heavy (non-hydrogen) atoms. The van der Waals surface area contributed by atoms with Crippen LogP contribution in [-0.4, -0.2) is 81.5 Å². The Morgan fingerprint density at radius 1 is 1.17 bits per heavy atom. The van der Waals surface area contributed by atoms with Gasteiger partial charge in [0.1, 0.15) is 0 Å². The number of methoxy groups -OCH3 is 1. The van der Waals surface area contributed by atoms with Crippen molar-refractivity contribution in [3.8, 4) is 0 Å². The quantitative estimate of drug-likeness (QED) is 0.381. The average Bonchev–Trinajstić information content (AvgIpc) is 3.12. The first-order valence-electron chi connectivity index (χ1n) is 11.5. The first-order valence-corrected chi connectivity index (χ1v) is 11.5. The van der Waals surface area contributed by atoms with Gasteiger partial charge < -0.3 is 19.7 Å². The van der Waals surface area contributed by atoms with Gasteiger partial charge in [-0.2, -0.15) is 0 Å². The van der Waals surface area contributed by atoms with Crippen molar-refractivity contribution in [2.75, 3.05) is 53.6 Å². The van der Waals surface area contributed by atoms with E-state index in [0.29, 0.717) is 18.1 Å². The van der Waals surface area contributed by atoms with Crippen LogP contribution in [0.1, 0.15) is 38.2 Å². The molecule has 2 fully saturated rings. The zero-order valence-corrected chi connectivity index (χ0v) is 19.1. The fourth-order valence-corrected chi connectivity index (χ4v) is 4.66. The predicted octanol–water partition coefficient (Wildman–Crippen LogP) is 2.99. The summed E-state index contributed by atoms with van der Waals surface area (Å²) in [7, 11) is 3.64. The number of ether oxygens (including phenoxy) is 2. The number of likely N-dealkylation sites (tertiary alicyclic amines) is 2. The van der Waals surface area contributed by atoms with Gasteiger partial charge in [0.15, 0.2) is 5.96 Å². The molecule has 0 aromatic heterocycles. The SMILES string of the molecule is CN=C(NCC1CC(C)N(Cc2ccccc2)C1)N1CCC(OCCCOC)CC1. The molecule has 0 spiro atoms. The minimum atomic E-state index is 0.374. The Labute approximate surface area is 182 Å². The van der Waals surface area contributed by atoms with Crippen molar-refractivity contribution in [1.82, 2.24) is 15.1 Å². The van der Waals surface area contributed by atoms with E-state index in [4.69, 9.17) is 9.47 Å². The Kier molecular flexibility index (Phi) is 9.43. The Morgan fingerprint density at radius 3 is 2.63 bits per heavy atom. The highest BCUT2D eigenvalue weighted by Crippen LogP contribution is 2.24. The summed E-state index contributed by atoms with van der Waals surface area (Å²) in [5.41, 5.74) is 1.40. The largest absolute Gasteiger partial charge is 0.385 e. The van der Waals surface area contributed by atoms with Crippen molar-refractivity contribution >= 4 is 5.96 Å². The van der Waals surface area contributed by atoms with Crippen molar-refractivity contribution in [3.63, 3.8) is 0 Å². The van der Waals surface area contributed by atoms with Crippen molar-refractivity contribution < 1.29 is 9.47 Å². The van der Waals surface area contributed by atoms with Crippen LogP contribution in [-0.2, 0) is 16.0 Å². The monoisotopic (exact) mass is 416 g/mol. The van der Waals surface area contributed by atoms with Gasteiger partial charge in [0.2, 0.25) is 0 Å². The van der Waals surface area contributed by atoms with Crippen molar-refractivity contribution in [1.29, 1.82) is 0 Å². The summed E-state index contributed by atoms with van der Waals surface area (Å²) < 4.78 is 11.1. The van der Waals surface area contributed by atoms with Crippen LogP contribution in [0.15, 0.2) is 35.3 Å². The molecule has 0 amide bonds. The van der Waals surface area contributed by atoms with Crippen molar-refractivity contribution in [2.45, 2.75) is 51.3 Å². The van der Waals surface area contributed by atoms with E-state index in [0.717, 1.165) is 71.2 Å². The van der Waals surface area contributed by atoms with Crippen LogP contribution in [0, 0.1) is 5.92 Å². The predicted molar refractivity (Wildman–Crippen MR) is 123 cm³/mol. The molecule has 0 saturated carbocycles. The minimum Gasteiger partial charge on any atom is -0.385 e. The van der Waals surface area contributed by atoms with Gasteiger partial charge in [-0.05, 0) is 44.1 Å². The summed E-state index contributed by atoms with van der Waals surface area (Å²) in [6.45, 7) is 9.14. The lowest BCUT2D eigenvalue weighted by Gasteiger charge is -2.34. The number of nitrogens with zero attached hydrogens (tertiary/aromatic N) is 3. The maximum absolute atomic E-state index is 5.99. The van der Waals surface area contributed by atoms with Gasteiger partial charge in [-0.25, -0.2) is 0 Å². The van der Waals surface area contributed by atoms with Gasteiger partial charge >= 0.3 is 0 Å². The summed E-state index contributed by atoms with van der Waals surface area (Å²) in [5.74, 6) is 1.71. The highest BCUT2D eigenvalue weighted by Gasteiger charge is 2.29. The summed E-state index contributed by atoms with van der Waals surface area (Å²) in [4.78, 5) is 9.54. The molecule has 168 valence electrons. The van der Waals surface area contributed by atoms with Crippen LogP contribution in [0.2, 0.25) is 0 Å². The van der Waals surface area contributed by atoms with Crippen molar-refractivity contribution in [2.24, 2.45) is 10.9 Å². The van der Waals surface area contributed by atoms with E-state index in [1.54, 1.807) is 7.11 Å². The van der Waals surface area contributed by atoms with Crippen LogP contribution in [0.3, 0.4) is 0 Å². The molecule has 3 rings (SSSR count). The van der Waals surface area contributed by atoms with Crippen LogP contribution in [0.5, 0.6) is 0 Å². The zero-order chi connectivity index (χ0) is 21.2. The van der Waals surface area contributed by atoms with E-state index in [1.165, 1.54) is 12.0 Å². The molecule has 0 radical (unpaired) electrons. The molecular weight excluding hydrogens is 376 g/mol. The fraction of sp³-hybridized carbons (Fsp3) is 0.708. The molecular formula is C24H40N4O2. The normalized spacial score (nSPS) is 23.8. The van der Waals surface area contributed by atoms with Gasteiger partial charge in [-0.15, -0.1) is 0 Å². The molecule has 1 aromatic rings. The van der Waals surface area contributed by atoms with Gasteiger partial charge in [-0.1, -0.05) is 30.3 Å². The van der Waals surface area contributed by atoms with Gasteiger partial charge in [0, 0.05) is 66.1 Å². The number of aliphatic imine (C=N–C) groups is 1. The Balaban J connectivity index is 1.37. The topological polar surface area (TPSA) is 49.3 Å². The van der Waals surface area contributed by atoms with Crippen LogP contribution in [0.25, 0.3) is 0 Å². The summed E-state index contributed by atoms with van der Waals surface area (Å²) in [6, 6.07) is 11.4. The van der Waals surface area contributed by atoms with E-state index >= 15 is 0 Å². The lowest BCUT2D eigenvalue weighted by atomic mass is 10.1. The Bertz CT molecular complexity index is 631. The maximum Gasteiger partial charge on any atom is 0.193 e. The number of nitrogens with one attached hydrogen (secondary N) is 1. The molecule has 6 heteroatoms. The molecule has 2 saturated heterocycles. The van der Waals surface area contributed by atoms with E-state index in [-0.39, 0.29) is 0 Å². The highest BCUT2D eigenvalue weighted by atomic mass is 16.5. The molecule has 2 atom stereocenters. The van der Waals surface area contributed by atoms with Gasteiger partial charge in [0.25, 0.3) is 0 Å². The molecule has 2 unspecified atom stereocenters. The third kappa shape index (κ3) is 6.96. The van der Waals surface area contributed by atoms with Crippen LogP contribution in [0.4, 0.5) is 0 Å². The number of guanidine groups is 1. The molecule has 1 aromatic carbocycles. The number of hydrogen-bond acceptors (Lipinski definition) is 4. The maximum atomic E-state index is 5.99. The minimum absolute atomic E-state index is 0.374. The number of piperidine rings is 1. The molecule has 1 N–H and O–H groups in total. The van der Waals surface area contributed by atoms with E-state index in [1.807, 2.05) is 7.05 Å². The first-order chi connectivity index (χ1) is 14.7. The average molecular weight is 417 g/mol. The van der Waals surface area contributed by atoms with Crippen LogP contribution < -0.4 is 5.32 Å². The molecule has 6 nitrogen and oxygen atoms in total. The Morgan fingerprint density at radius 2 is 1.93 bits per heavy atom. The highest BCUT2D eigenvalue weighted by molar-refractivity contribution is 5.80. The third-order valence-corrected chi connectivity index (χ3v) is 6.37. The lowest BCUT2D eigenvalue weighted by Crippen LogP contribution is -2.48. The smallest absolute Gasteiger partial charge is 0.193 e. The molecule has 0 aliphatic carbocycles. The van der Waals surface area contributed by atoms with E-state index < -0.39 is 0 Å². The second-order valence-corrected chi connectivity index (χ2v) is 8.70. The molecule has 0 bridgehead atoms. The lowest BCUT2D eigenvalue weighted by molar-refractivity contribution is 0.00988. The first kappa shape index (κ1) is 23.0. The third-order valence-electron chi connectivity index (χ3n) is 6.37. The summed E-state index contributed by atoms with van der Waals surface area (Å²) in [5, 5.41) is 3.65. The second kappa shape index (κ2) is 12.3. The van der Waals surface area contributed by atoms with E-state index in [9.17, 15) is 0 Å². The van der Waals surface area contributed by atoms with E-state index in [2.05, 4.69) is 57.4 Å². The zero-order valence-electron chi connectivity index (χ0n) is 19.1. The second-order valence-electron chi connectivity index (χ2n) is 8.70. The molecule has 2 aliphatic heterocycles. The summed E-state index contributed by atoms with van der Waals surface area (Å²) >= 11 is 0. The summed E-state index contributed by atoms with van der Waals surface area (Å²) in [6.07, 6.45) is 4.73. The number of rotatable bonds is 9. The fourth-order valence-electron chi connectivity index (χ4n) is 4.66. The number of hydrogen-bond donors (Lipinski definition) is 1. The Hall–Kier alpha value is -1.63.